The summed E-state index contributed by atoms with van der Waals surface area (Å²) >= 11 is 0. The summed E-state index contributed by atoms with van der Waals surface area (Å²) in [5, 5.41) is 1.77. The van der Waals surface area contributed by atoms with E-state index in [0.29, 0.717) is 13.1 Å². The van der Waals surface area contributed by atoms with Gasteiger partial charge in [-0.3, -0.25) is 19.3 Å². The van der Waals surface area contributed by atoms with Gasteiger partial charge < -0.3 is 29.2 Å². The highest BCUT2D eigenvalue weighted by Crippen LogP contribution is 2.29. The predicted molar refractivity (Wildman–Crippen MR) is 108 cm³/mol. The van der Waals surface area contributed by atoms with E-state index in [1.54, 1.807) is 5.32 Å². The molecule has 0 aromatic heterocycles. The Hall–Kier alpha value is -2.22. The Morgan fingerprint density at radius 3 is 2.18 bits per heavy atom. The number of hydrogen-bond donors (Lipinski definition) is 1. The molecule has 0 aliphatic carbocycles. The molecule has 0 saturated carbocycles. The van der Waals surface area contributed by atoms with Gasteiger partial charge in [0, 0.05) is 46.6 Å². The van der Waals surface area contributed by atoms with Gasteiger partial charge in [0.05, 0.1) is 6.61 Å². The number of ether oxygens (including phenoxy) is 4. The zero-order valence-corrected chi connectivity index (χ0v) is 18.8. The van der Waals surface area contributed by atoms with Gasteiger partial charge in [0.15, 0.2) is 18.5 Å². The molecular formula is C20H30F3N3O7. The molecule has 2 aliphatic rings. The minimum atomic E-state index is -5.21. The van der Waals surface area contributed by atoms with Gasteiger partial charge in [-0.25, -0.2) is 0 Å². The lowest BCUT2D eigenvalue weighted by atomic mass is 9.95. The van der Waals surface area contributed by atoms with Crippen molar-refractivity contribution in [1.82, 2.24) is 15.1 Å². The fourth-order valence-corrected chi connectivity index (χ4v) is 3.69. The summed E-state index contributed by atoms with van der Waals surface area (Å²) < 4.78 is 60.9. The minimum Gasteiger partial charge on any atom is -0.456 e. The van der Waals surface area contributed by atoms with Gasteiger partial charge in [0.2, 0.25) is 0 Å². The second kappa shape index (κ2) is 11.8. The molecule has 188 valence electrons. The number of alkyl halides is 3. The predicted octanol–water partition coefficient (Wildman–Crippen LogP) is 0.0718. The highest BCUT2D eigenvalue weighted by molar-refractivity contribution is 5.82. The fourth-order valence-electron chi connectivity index (χ4n) is 3.69. The maximum atomic E-state index is 13.0. The largest absolute Gasteiger partial charge is 0.471 e. The van der Waals surface area contributed by atoms with Crippen molar-refractivity contribution in [1.29, 1.82) is 0 Å². The Morgan fingerprint density at radius 2 is 1.67 bits per heavy atom. The Kier molecular flexibility index (Phi) is 9.64. The molecule has 2 aliphatic heterocycles. The van der Waals surface area contributed by atoms with Crippen LogP contribution in [0.25, 0.3) is 0 Å². The lowest BCUT2D eigenvalue weighted by Gasteiger charge is -2.46. The number of carbonyl (C=O) groups excluding carboxylic acids is 3. The van der Waals surface area contributed by atoms with Crippen LogP contribution in [0, 0.1) is 0 Å². The van der Waals surface area contributed by atoms with Crippen molar-refractivity contribution in [2.24, 2.45) is 0 Å². The standard InChI is InChI=1S/C20H30F3N3O7/c1-5-10-30-18-15(24-19(29)20(21,22)23)17(32-13(3)28)16(31-12(2)27)14(33-18)11-26-8-6-25(4)7-9-26/h5,14-18H,1,6-11H2,2-4H3,(H,24,29)/t14-,15-,16-,17-,18-/m1/s1. The Morgan fingerprint density at radius 1 is 1.09 bits per heavy atom. The summed E-state index contributed by atoms with van der Waals surface area (Å²) in [6, 6.07) is -1.60. The molecule has 1 N–H and O–H groups in total. The van der Waals surface area contributed by atoms with Crippen LogP contribution in [-0.2, 0) is 33.3 Å². The van der Waals surface area contributed by atoms with Crippen LogP contribution in [0.15, 0.2) is 12.7 Å². The van der Waals surface area contributed by atoms with Crippen LogP contribution in [0.2, 0.25) is 0 Å². The molecular weight excluding hydrogens is 451 g/mol. The third-order valence-electron chi connectivity index (χ3n) is 5.22. The summed E-state index contributed by atoms with van der Waals surface area (Å²) in [5.74, 6) is -3.87. The average molecular weight is 481 g/mol. The van der Waals surface area contributed by atoms with E-state index in [0.717, 1.165) is 26.9 Å². The number of rotatable bonds is 8. The molecule has 2 saturated heterocycles. The normalized spacial score (nSPS) is 29.2. The van der Waals surface area contributed by atoms with Gasteiger partial charge in [-0.2, -0.15) is 13.2 Å². The molecule has 2 fully saturated rings. The first kappa shape index (κ1) is 27.0. The highest BCUT2D eigenvalue weighted by atomic mass is 19.4. The fraction of sp³-hybridized carbons (Fsp3) is 0.750. The zero-order valence-electron chi connectivity index (χ0n) is 18.8. The first-order valence-electron chi connectivity index (χ1n) is 10.4. The molecule has 5 atom stereocenters. The van der Waals surface area contributed by atoms with Crippen molar-refractivity contribution in [2.75, 3.05) is 46.4 Å². The third kappa shape index (κ3) is 7.95. The molecule has 0 aromatic carbocycles. The molecule has 10 nitrogen and oxygen atoms in total. The molecule has 2 heterocycles. The van der Waals surface area contributed by atoms with Crippen LogP contribution >= 0.6 is 0 Å². The molecule has 2 rings (SSSR count). The van der Waals surface area contributed by atoms with E-state index in [-0.39, 0.29) is 13.2 Å². The number of amides is 1. The molecule has 0 radical (unpaired) electrons. The van der Waals surface area contributed by atoms with E-state index in [1.807, 2.05) is 11.9 Å². The van der Waals surface area contributed by atoms with Gasteiger partial charge in [0.1, 0.15) is 12.1 Å². The quantitative estimate of drug-likeness (QED) is 0.381. The van der Waals surface area contributed by atoms with Gasteiger partial charge in [-0.1, -0.05) is 6.08 Å². The summed E-state index contributed by atoms with van der Waals surface area (Å²) in [7, 11) is 1.97. The van der Waals surface area contributed by atoms with Crippen LogP contribution in [0.1, 0.15) is 13.8 Å². The van der Waals surface area contributed by atoms with Gasteiger partial charge in [0.25, 0.3) is 0 Å². The van der Waals surface area contributed by atoms with Crippen molar-refractivity contribution in [3.05, 3.63) is 12.7 Å². The molecule has 13 heteroatoms. The van der Waals surface area contributed by atoms with Crippen LogP contribution in [0.5, 0.6) is 0 Å². The summed E-state index contributed by atoms with van der Waals surface area (Å²) in [6.07, 6.45) is -8.97. The maximum Gasteiger partial charge on any atom is 0.471 e. The van der Waals surface area contributed by atoms with Crippen molar-refractivity contribution < 1.29 is 46.5 Å². The molecule has 0 spiro atoms. The van der Waals surface area contributed by atoms with Crippen LogP contribution in [0.4, 0.5) is 13.2 Å². The van der Waals surface area contributed by atoms with E-state index in [2.05, 4.69) is 11.5 Å². The van der Waals surface area contributed by atoms with Gasteiger partial charge in [-0.15, -0.1) is 6.58 Å². The number of likely N-dealkylation sites (N-methyl/N-ethyl adjacent to an activating group) is 1. The number of piperazine rings is 1. The highest BCUT2D eigenvalue weighted by Gasteiger charge is 2.53. The first-order valence-corrected chi connectivity index (χ1v) is 10.4. The summed E-state index contributed by atoms with van der Waals surface area (Å²) in [5.41, 5.74) is 0. The summed E-state index contributed by atoms with van der Waals surface area (Å²) in [4.78, 5) is 39.5. The number of nitrogens with one attached hydrogen (secondary N) is 1. The smallest absolute Gasteiger partial charge is 0.456 e. The number of halogens is 3. The van der Waals surface area contributed by atoms with E-state index in [4.69, 9.17) is 18.9 Å². The SMILES string of the molecule is C=CCO[C@@H]1O[C@H](CN2CCN(C)CC2)[C@@H](OC(C)=O)[C@H](OC(C)=O)[C@H]1NC(=O)C(F)(F)F. The average Bonchev–Trinajstić information content (AvgIpc) is 2.71. The van der Waals surface area contributed by atoms with E-state index in [9.17, 15) is 27.6 Å². The molecule has 1 amide bonds. The zero-order chi connectivity index (χ0) is 24.8. The number of esters is 2. The maximum absolute atomic E-state index is 13.0. The molecule has 0 unspecified atom stereocenters. The number of nitrogens with zero attached hydrogens (tertiary/aromatic N) is 2. The third-order valence-corrected chi connectivity index (χ3v) is 5.22. The van der Waals surface area contributed by atoms with Crippen LogP contribution in [-0.4, -0.2) is 111 Å². The van der Waals surface area contributed by atoms with Crippen molar-refractivity contribution in [3.8, 4) is 0 Å². The number of carbonyl (C=O) groups is 3. The van der Waals surface area contributed by atoms with Crippen molar-refractivity contribution in [3.63, 3.8) is 0 Å². The monoisotopic (exact) mass is 481 g/mol. The van der Waals surface area contributed by atoms with Crippen molar-refractivity contribution >= 4 is 17.8 Å². The molecule has 0 bridgehead atoms. The van der Waals surface area contributed by atoms with Gasteiger partial charge >= 0.3 is 24.0 Å². The molecule has 0 aromatic rings. The Bertz CT molecular complexity index is 714. The lowest BCUT2D eigenvalue weighted by Crippen LogP contribution is -2.68. The Balaban J connectivity index is 2.38. The van der Waals surface area contributed by atoms with Crippen LogP contribution in [0.3, 0.4) is 0 Å². The Labute approximate surface area is 189 Å². The lowest BCUT2D eigenvalue weighted by molar-refractivity contribution is -0.273. The summed E-state index contributed by atoms with van der Waals surface area (Å²) in [6.45, 7) is 8.68. The van der Waals surface area contributed by atoms with Gasteiger partial charge in [-0.05, 0) is 7.05 Å². The van der Waals surface area contributed by atoms with E-state index >= 15 is 0 Å². The van der Waals surface area contributed by atoms with E-state index < -0.39 is 54.7 Å². The minimum absolute atomic E-state index is 0.116. The second-order valence-electron chi connectivity index (χ2n) is 7.91. The second-order valence-corrected chi connectivity index (χ2v) is 7.91. The topological polar surface area (TPSA) is 107 Å². The van der Waals surface area contributed by atoms with E-state index in [1.165, 1.54) is 6.08 Å². The number of hydrogen-bond acceptors (Lipinski definition) is 9. The molecule has 33 heavy (non-hydrogen) atoms. The van der Waals surface area contributed by atoms with Crippen LogP contribution < -0.4 is 5.32 Å². The first-order chi connectivity index (χ1) is 15.4. The van der Waals surface area contributed by atoms with Crippen molar-refractivity contribution in [2.45, 2.75) is 50.7 Å².